The molecule has 4 nitrogen and oxygen atoms in total. The lowest BCUT2D eigenvalue weighted by atomic mass is 10.1. The van der Waals surface area contributed by atoms with Crippen LogP contribution < -0.4 is 5.32 Å². The number of aliphatic hydroxyl groups excluding tert-OH is 1. The first-order valence-corrected chi connectivity index (χ1v) is 5.56. The van der Waals surface area contributed by atoms with Gasteiger partial charge in [-0.2, -0.15) is 0 Å². The van der Waals surface area contributed by atoms with Gasteiger partial charge in [0.25, 0.3) is 0 Å². The van der Waals surface area contributed by atoms with Crippen molar-refractivity contribution in [3.63, 3.8) is 0 Å². The first kappa shape index (κ1) is 11.6. The smallest absolute Gasteiger partial charge is 0.142 e. The third-order valence-electron chi connectivity index (χ3n) is 1.92. The van der Waals surface area contributed by atoms with Gasteiger partial charge in [0.2, 0.25) is 0 Å². The van der Waals surface area contributed by atoms with Crippen LogP contribution in [0, 0.1) is 9.49 Å². The van der Waals surface area contributed by atoms with Crippen LogP contribution in [0.2, 0.25) is 0 Å². The van der Waals surface area contributed by atoms with E-state index in [-0.39, 0.29) is 12.0 Å². The van der Waals surface area contributed by atoms with Crippen LogP contribution in [0.1, 0.15) is 13.8 Å². The molecule has 1 heterocycles. The predicted octanol–water partition coefficient (Wildman–Crippen LogP) is 1.51. The molecule has 0 radical (unpaired) electrons. The summed E-state index contributed by atoms with van der Waals surface area (Å²) in [6, 6.07) is 0. The predicted molar refractivity (Wildman–Crippen MR) is 64.1 cm³/mol. The first-order valence-electron chi connectivity index (χ1n) is 4.48. The van der Waals surface area contributed by atoms with Gasteiger partial charge in [0.15, 0.2) is 0 Å². The number of halogens is 1. The Labute approximate surface area is 97.3 Å². The lowest BCUT2D eigenvalue weighted by molar-refractivity contribution is 0.138. The second-order valence-corrected chi connectivity index (χ2v) is 4.57. The normalized spacial score (nSPS) is 12.9. The average Bonchev–Trinajstić information content (AvgIpc) is 2.16. The highest BCUT2D eigenvalue weighted by atomic mass is 127. The average molecular weight is 307 g/mol. The van der Waals surface area contributed by atoms with E-state index in [1.54, 1.807) is 6.20 Å². The van der Waals surface area contributed by atoms with E-state index < -0.39 is 0 Å². The Morgan fingerprint density at radius 3 is 2.86 bits per heavy atom. The molecule has 2 N–H and O–H groups in total. The maximum absolute atomic E-state index is 9.57. The summed E-state index contributed by atoms with van der Waals surface area (Å²) in [4.78, 5) is 7.95. The minimum absolute atomic E-state index is 0.252. The molecule has 0 aliphatic heterocycles. The number of anilines is 1. The van der Waals surface area contributed by atoms with E-state index in [4.69, 9.17) is 0 Å². The summed E-state index contributed by atoms with van der Waals surface area (Å²) in [5.41, 5.74) is 0. The SMILES string of the molecule is CC(C)C(O)CNc1ncncc1I. The van der Waals surface area contributed by atoms with Crippen LogP contribution in [0.5, 0.6) is 0 Å². The maximum atomic E-state index is 9.57. The van der Waals surface area contributed by atoms with Gasteiger partial charge in [-0.3, -0.25) is 0 Å². The van der Waals surface area contributed by atoms with Gasteiger partial charge in [0.05, 0.1) is 9.67 Å². The van der Waals surface area contributed by atoms with Crippen molar-refractivity contribution in [2.45, 2.75) is 20.0 Å². The van der Waals surface area contributed by atoms with Crippen molar-refractivity contribution in [1.82, 2.24) is 9.97 Å². The molecule has 78 valence electrons. The summed E-state index contributed by atoms with van der Waals surface area (Å²) in [5, 5.41) is 12.7. The van der Waals surface area contributed by atoms with Crippen molar-refractivity contribution in [1.29, 1.82) is 0 Å². The standard InChI is InChI=1S/C9H14IN3O/c1-6(2)8(14)4-12-9-7(10)3-11-5-13-9/h3,5-6,8,14H,4H2,1-2H3,(H,11,12,13). The van der Waals surface area contributed by atoms with Crippen LogP contribution in [-0.4, -0.2) is 27.7 Å². The van der Waals surface area contributed by atoms with E-state index in [0.717, 1.165) is 9.39 Å². The van der Waals surface area contributed by atoms with Crippen molar-refractivity contribution >= 4 is 28.4 Å². The molecule has 0 saturated heterocycles. The van der Waals surface area contributed by atoms with Crippen LogP contribution in [0.25, 0.3) is 0 Å². The Kier molecular flexibility index (Phi) is 4.53. The molecule has 0 bridgehead atoms. The summed E-state index contributed by atoms with van der Waals surface area (Å²) in [6.07, 6.45) is 2.88. The molecule has 1 atom stereocenters. The van der Waals surface area contributed by atoms with Gasteiger partial charge in [-0.15, -0.1) is 0 Å². The molecule has 0 aliphatic rings. The molecule has 1 aromatic heterocycles. The molecular formula is C9H14IN3O. The van der Waals surface area contributed by atoms with E-state index in [9.17, 15) is 5.11 Å². The lowest BCUT2D eigenvalue weighted by Crippen LogP contribution is -2.25. The summed E-state index contributed by atoms with van der Waals surface area (Å²) in [5.74, 6) is 1.03. The van der Waals surface area contributed by atoms with E-state index in [1.165, 1.54) is 6.33 Å². The molecule has 0 aromatic carbocycles. The molecule has 1 unspecified atom stereocenters. The zero-order chi connectivity index (χ0) is 10.6. The first-order chi connectivity index (χ1) is 6.61. The van der Waals surface area contributed by atoms with Gasteiger partial charge in [-0.05, 0) is 28.5 Å². The highest BCUT2D eigenvalue weighted by molar-refractivity contribution is 14.1. The number of nitrogens with zero attached hydrogens (tertiary/aromatic N) is 2. The summed E-state index contributed by atoms with van der Waals surface area (Å²) < 4.78 is 0.959. The van der Waals surface area contributed by atoms with Crippen LogP contribution in [0.3, 0.4) is 0 Å². The fourth-order valence-corrected chi connectivity index (χ4v) is 1.37. The third-order valence-corrected chi connectivity index (χ3v) is 2.71. The molecule has 0 aliphatic carbocycles. The van der Waals surface area contributed by atoms with Crippen molar-refractivity contribution in [2.24, 2.45) is 5.92 Å². The monoisotopic (exact) mass is 307 g/mol. The maximum Gasteiger partial charge on any atom is 0.142 e. The van der Waals surface area contributed by atoms with Crippen LogP contribution >= 0.6 is 22.6 Å². The summed E-state index contributed by atoms with van der Waals surface area (Å²) in [7, 11) is 0. The number of nitrogens with one attached hydrogen (secondary N) is 1. The molecule has 0 saturated carbocycles. The highest BCUT2D eigenvalue weighted by Gasteiger charge is 2.09. The van der Waals surface area contributed by atoms with Gasteiger partial charge in [0, 0.05) is 12.7 Å². The Hall–Kier alpha value is -0.430. The second-order valence-electron chi connectivity index (χ2n) is 3.41. The Bertz CT molecular complexity index is 293. The molecular weight excluding hydrogens is 293 g/mol. The Morgan fingerprint density at radius 1 is 1.57 bits per heavy atom. The third kappa shape index (κ3) is 3.38. The van der Waals surface area contributed by atoms with Crippen molar-refractivity contribution in [3.8, 4) is 0 Å². The van der Waals surface area contributed by atoms with Gasteiger partial charge >= 0.3 is 0 Å². The Balaban J connectivity index is 2.50. The topological polar surface area (TPSA) is 58.0 Å². The molecule has 1 aromatic rings. The molecule has 1 rings (SSSR count). The van der Waals surface area contributed by atoms with E-state index in [2.05, 4.69) is 37.9 Å². The van der Waals surface area contributed by atoms with Gasteiger partial charge < -0.3 is 10.4 Å². The van der Waals surface area contributed by atoms with Crippen LogP contribution in [0.15, 0.2) is 12.5 Å². The Morgan fingerprint density at radius 2 is 2.29 bits per heavy atom. The molecule has 0 spiro atoms. The lowest BCUT2D eigenvalue weighted by Gasteiger charge is -2.15. The van der Waals surface area contributed by atoms with E-state index >= 15 is 0 Å². The van der Waals surface area contributed by atoms with Crippen molar-refractivity contribution in [2.75, 3.05) is 11.9 Å². The molecule has 5 heteroatoms. The van der Waals surface area contributed by atoms with Gasteiger partial charge in [0.1, 0.15) is 12.1 Å². The largest absolute Gasteiger partial charge is 0.391 e. The highest BCUT2D eigenvalue weighted by Crippen LogP contribution is 2.12. The van der Waals surface area contributed by atoms with E-state index in [1.807, 2.05) is 13.8 Å². The van der Waals surface area contributed by atoms with Crippen LogP contribution in [-0.2, 0) is 0 Å². The molecule has 0 fully saturated rings. The zero-order valence-electron chi connectivity index (χ0n) is 8.24. The van der Waals surface area contributed by atoms with E-state index in [0.29, 0.717) is 6.54 Å². The number of hydrogen-bond acceptors (Lipinski definition) is 4. The summed E-state index contributed by atoms with van der Waals surface area (Å²) in [6.45, 7) is 4.49. The van der Waals surface area contributed by atoms with Crippen molar-refractivity contribution < 1.29 is 5.11 Å². The molecule has 0 amide bonds. The van der Waals surface area contributed by atoms with Gasteiger partial charge in [-0.1, -0.05) is 13.8 Å². The van der Waals surface area contributed by atoms with Crippen LogP contribution in [0.4, 0.5) is 5.82 Å². The number of aromatic nitrogens is 2. The number of rotatable bonds is 4. The van der Waals surface area contributed by atoms with Crippen molar-refractivity contribution in [3.05, 3.63) is 16.1 Å². The number of hydrogen-bond donors (Lipinski definition) is 2. The molecule has 14 heavy (non-hydrogen) atoms. The fourth-order valence-electron chi connectivity index (χ4n) is 0.880. The number of aliphatic hydroxyl groups is 1. The van der Waals surface area contributed by atoms with Gasteiger partial charge in [-0.25, -0.2) is 9.97 Å². The zero-order valence-corrected chi connectivity index (χ0v) is 10.4. The minimum Gasteiger partial charge on any atom is -0.391 e. The fraction of sp³-hybridized carbons (Fsp3) is 0.556. The minimum atomic E-state index is -0.347. The summed E-state index contributed by atoms with van der Waals surface area (Å²) >= 11 is 2.16. The quantitative estimate of drug-likeness (QED) is 0.828. The second kappa shape index (κ2) is 5.45.